The van der Waals surface area contributed by atoms with E-state index in [1.54, 1.807) is 13.0 Å². The first-order valence-electron chi connectivity index (χ1n) is 4.58. The van der Waals surface area contributed by atoms with Gasteiger partial charge < -0.3 is 4.74 Å². The van der Waals surface area contributed by atoms with Crippen LogP contribution in [0.25, 0.3) is 0 Å². The molecule has 0 saturated heterocycles. The Morgan fingerprint density at radius 1 is 1.47 bits per heavy atom. The van der Waals surface area contributed by atoms with E-state index in [0.717, 1.165) is 5.56 Å². The number of hydrogen-bond acceptors (Lipinski definition) is 2. The van der Waals surface area contributed by atoms with Crippen LogP contribution in [0.5, 0.6) is 0 Å². The summed E-state index contributed by atoms with van der Waals surface area (Å²) in [6.45, 7) is 3.99. The van der Waals surface area contributed by atoms with Crippen molar-refractivity contribution in [2.24, 2.45) is 0 Å². The molecule has 0 bridgehead atoms. The van der Waals surface area contributed by atoms with Gasteiger partial charge in [0.05, 0.1) is 6.61 Å². The number of hydrogen-bond donors (Lipinski definition) is 0. The molecule has 0 spiro atoms. The molecule has 0 aliphatic heterocycles. The number of benzene rings is 1. The minimum atomic E-state index is -0.518. The zero-order valence-corrected chi connectivity index (χ0v) is 9.39. The third kappa shape index (κ3) is 4.05. The lowest BCUT2D eigenvalue weighted by Crippen LogP contribution is -1.99. The predicted molar refractivity (Wildman–Crippen MR) is 59.7 cm³/mol. The Balaban J connectivity index is 2.84. The second-order valence-electron chi connectivity index (χ2n) is 2.99. The third-order valence-corrected chi connectivity index (χ3v) is 1.84. The predicted octanol–water partition coefficient (Wildman–Crippen LogP) is 2.56. The second kappa shape index (κ2) is 5.43. The van der Waals surface area contributed by atoms with Crippen molar-refractivity contribution in [2.45, 2.75) is 13.8 Å². The molecule has 0 heterocycles. The van der Waals surface area contributed by atoms with Gasteiger partial charge in [0, 0.05) is 16.5 Å². The van der Waals surface area contributed by atoms with E-state index in [2.05, 4.69) is 16.6 Å². The number of esters is 1. The molecule has 0 N–H and O–H groups in total. The molecule has 1 rings (SSSR count). The van der Waals surface area contributed by atoms with Gasteiger partial charge in [-0.05, 0) is 37.6 Å². The molecular weight excluding hydrogens is 212 g/mol. The zero-order chi connectivity index (χ0) is 11.3. The van der Waals surface area contributed by atoms with E-state index in [9.17, 15) is 4.79 Å². The van der Waals surface area contributed by atoms with Crippen LogP contribution in [-0.2, 0) is 9.53 Å². The summed E-state index contributed by atoms with van der Waals surface area (Å²) in [5, 5.41) is 0.614. The van der Waals surface area contributed by atoms with Crippen LogP contribution < -0.4 is 0 Å². The molecule has 1 aromatic carbocycles. The summed E-state index contributed by atoms with van der Waals surface area (Å²) in [5.41, 5.74) is 1.73. The van der Waals surface area contributed by atoms with Gasteiger partial charge in [0.2, 0.25) is 0 Å². The molecule has 15 heavy (non-hydrogen) atoms. The van der Waals surface area contributed by atoms with Crippen molar-refractivity contribution in [1.29, 1.82) is 0 Å². The third-order valence-electron chi connectivity index (χ3n) is 1.63. The molecule has 78 valence electrons. The first-order chi connectivity index (χ1) is 7.11. The maximum absolute atomic E-state index is 11.0. The molecule has 0 aliphatic carbocycles. The highest BCUT2D eigenvalue weighted by molar-refractivity contribution is 6.30. The first kappa shape index (κ1) is 11.6. The maximum Gasteiger partial charge on any atom is 0.384 e. The van der Waals surface area contributed by atoms with Gasteiger partial charge in [-0.1, -0.05) is 17.5 Å². The first-order valence-corrected chi connectivity index (χ1v) is 4.95. The minimum Gasteiger partial charge on any atom is -0.456 e. The number of rotatable bonds is 1. The Hall–Kier alpha value is -1.46. The summed E-state index contributed by atoms with van der Waals surface area (Å²) < 4.78 is 4.68. The lowest BCUT2D eigenvalue weighted by Gasteiger charge is -1.96. The smallest absolute Gasteiger partial charge is 0.384 e. The molecule has 3 heteroatoms. The molecule has 0 saturated carbocycles. The topological polar surface area (TPSA) is 26.3 Å². The van der Waals surface area contributed by atoms with Crippen molar-refractivity contribution in [1.82, 2.24) is 0 Å². The quantitative estimate of drug-likeness (QED) is 0.539. The summed E-state index contributed by atoms with van der Waals surface area (Å²) in [6, 6.07) is 5.40. The molecule has 1 aromatic rings. The van der Waals surface area contributed by atoms with Crippen molar-refractivity contribution in [3.05, 3.63) is 34.3 Å². The number of carbonyl (C=O) groups is 1. The lowest BCUT2D eigenvalue weighted by molar-refractivity contribution is -0.136. The van der Waals surface area contributed by atoms with Gasteiger partial charge in [0.25, 0.3) is 0 Å². The van der Waals surface area contributed by atoms with E-state index in [4.69, 9.17) is 11.6 Å². The Kier molecular flexibility index (Phi) is 4.20. The number of aryl methyl sites for hydroxylation is 1. The van der Waals surface area contributed by atoms with Crippen LogP contribution in [0, 0.1) is 18.8 Å². The Morgan fingerprint density at radius 3 is 2.80 bits per heavy atom. The van der Waals surface area contributed by atoms with Gasteiger partial charge in [-0.2, -0.15) is 0 Å². The highest BCUT2D eigenvalue weighted by atomic mass is 35.5. The fourth-order valence-corrected chi connectivity index (χ4v) is 1.39. The standard InChI is InChI=1S/C12H11ClO2/c1-3-15-12(14)5-4-10-6-9(2)7-11(13)8-10/h6-8H,3H2,1-2H3. The Morgan fingerprint density at radius 2 is 2.20 bits per heavy atom. The summed E-state index contributed by atoms with van der Waals surface area (Å²) >= 11 is 5.84. The molecule has 2 nitrogen and oxygen atoms in total. The van der Waals surface area contributed by atoms with Crippen LogP contribution in [0.15, 0.2) is 18.2 Å². The van der Waals surface area contributed by atoms with E-state index >= 15 is 0 Å². The molecule has 0 amide bonds. The molecule has 0 radical (unpaired) electrons. The van der Waals surface area contributed by atoms with Crippen molar-refractivity contribution >= 4 is 17.6 Å². The van der Waals surface area contributed by atoms with E-state index in [0.29, 0.717) is 17.2 Å². The number of ether oxygens (including phenoxy) is 1. The highest BCUT2D eigenvalue weighted by Crippen LogP contribution is 2.13. The molecular formula is C12H11ClO2. The van der Waals surface area contributed by atoms with E-state index in [1.165, 1.54) is 0 Å². The highest BCUT2D eigenvalue weighted by Gasteiger charge is 1.95. The van der Waals surface area contributed by atoms with Gasteiger partial charge in [-0.15, -0.1) is 0 Å². The van der Waals surface area contributed by atoms with Crippen LogP contribution in [0.4, 0.5) is 0 Å². The van der Waals surface area contributed by atoms with Gasteiger partial charge in [-0.3, -0.25) is 0 Å². The van der Waals surface area contributed by atoms with Crippen LogP contribution in [0.3, 0.4) is 0 Å². The van der Waals surface area contributed by atoms with Crippen molar-refractivity contribution < 1.29 is 9.53 Å². The fraction of sp³-hybridized carbons (Fsp3) is 0.250. The summed E-state index contributed by atoms with van der Waals surface area (Å²) in [6.07, 6.45) is 0. The zero-order valence-electron chi connectivity index (χ0n) is 8.63. The summed E-state index contributed by atoms with van der Waals surface area (Å²) in [5.74, 6) is 4.57. The monoisotopic (exact) mass is 222 g/mol. The fourth-order valence-electron chi connectivity index (χ4n) is 1.10. The number of carbonyl (C=O) groups excluding carboxylic acids is 1. The van der Waals surface area contributed by atoms with E-state index in [1.807, 2.05) is 19.1 Å². The average Bonchev–Trinajstić information content (AvgIpc) is 2.14. The van der Waals surface area contributed by atoms with E-state index in [-0.39, 0.29) is 0 Å². The summed E-state index contributed by atoms with van der Waals surface area (Å²) in [7, 11) is 0. The SMILES string of the molecule is CCOC(=O)C#Cc1cc(C)cc(Cl)c1. The van der Waals surface area contributed by atoms with Gasteiger partial charge in [0.15, 0.2) is 0 Å². The molecule has 0 aliphatic rings. The van der Waals surface area contributed by atoms with E-state index < -0.39 is 5.97 Å². The normalized spacial score (nSPS) is 9.00. The summed E-state index contributed by atoms with van der Waals surface area (Å²) in [4.78, 5) is 11.0. The van der Waals surface area contributed by atoms with Gasteiger partial charge >= 0.3 is 5.97 Å². The molecule has 0 fully saturated rings. The van der Waals surface area contributed by atoms with Gasteiger partial charge in [-0.25, -0.2) is 4.79 Å². The maximum atomic E-state index is 11.0. The Labute approximate surface area is 94.2 Å². The van der Waals surface area contributed by atoms with Crippen molar-refractivity contribution in [2.75, 3.05) is 6.61 Å². The van der Waals surface area contributed by atoms with Crippen molar-refractivity contribution in [3.8, 4) is 11.8 Å². The molecule has 0 unspecified atom stereocenters. The van der Waals surface area contributed by atoms with Crippen molar-refractivity contribution in [3.63, 3.8) is 0 Å². The largest absolute Gasteiger partial charge is 0.456 e. The molecule has 0 aromatic heterocycles. The second-order valence-corrected chi connectivity index (χ2v) is 3.42. The van der Waals surface area contributed by atoms with Crippen LogP contribution in [0.1, 0.15) is 18.1 Å². The Bertz CT molecular complexity index is 407. The van der Waals surface area contributed by atoms with Crippen LogP contribution in [0.2, 0.25) is 5.02 Å². The lowest BCUT2D eigenvalue weighted by atomic mass is 10.1. The van der Waals surface area contributed by atoms with Crippen LogP contribution in [-0.4, -0.2) is 12.6 Å². The molecule has 0 atom stereocenters. The van der Waals surface area contributed by atoms with Crippen LogP contribution >= 0.6 is 11.6 Å². The van der Waals surface area contributed by atoms with Gasteiger partial charge in [0.1, 0.15) is 0 Å². The average molecular weight is 223 g/mol. The number of halogens is 1. The minimum absolute atomic E-state index is 0.335.